The Morgan fingerprint density at radius 3 is 3.00 bits per heavy atom. The van der Waals surface area contributed by atoms with Crippen molar-refractivity contribution >= 4 is 21.6 Å². The molecule has 0 atom stereocenters. The van der Waals surface area contributed by atoms with E-state index >= 15 is 0 Å². The van der Waals surface area contributed by atoms with E-state index < -0.39 is 0 Å². The summed E-state index contributed by atoms with van der Waals surface area (Å²) in [7, 11) is 0. The van der Waals surface area contributed by atoms with Crippen LogP contribution in [0.4, 0.5) is 0 Å². The lowest BCUT2D eigenvalue weighted by Gasteiger charge is -1.92. The van der Waals surface area contributed by atoms with Crippen LogP contribution in [0.3, 0.4) is 0 Å². The van der Waals surface area contributed by atoms with E-state index in [1.807, 2.05) is 17.5 Å². The molecule has 0 spiro atoms. The summed E-state index contributed by atoms with van der Waals surface area (Å²) in [6.07, 6.45) is 3.53. The van der Waals surface area contributed by atoms with E-state index in [4.69, 9.17) is 0 Å². The largest absolute Gasteiger partial charge is 0.283 e. The molecule has 0 aliphatic rings. The monoisotopic (exact) mass is 212 g/mol. The summed E-state index contributed by atoms with van der Waals surface area (Å²) in [4.78, 5) is 4.01. The van der Waals surface area contributed by atoms with Gasteiger partial charge >= 0.3 is 0 Å². The number of hydrogen-bond donors (Lipinski definition) is 0. The van der Waals surface area contributed by atoms with Gasteiger partial charge in [-0.3, -0.25) is 4.40 Å². The molecule has 0 bridgehead atoms. The predicted octanol–water partition coefficient (Wildman–Crippen LogP) is 1.20. The fraction of sp³-hybridized carbons (Fsp3) is 0.167. The van der Waals surface area contributed by atoms with Gasteiger partial charge in [-0.2, -0.15) is 0 Å². The van der Waals surface area contributed by atoms with Crippen molar-refractivity contribution in [2.24, 2.45) is 0 Å². The highest BCUT2D eigenvalue weighted by molar-refractivity contribution is 9.10. The first kappa shape index (κ1) is 6.72. The molecule has 0 fully saturated rings. The van der Waals surface area contributed by atoms with Crippen LogP contribution in [0.1, 0.15) is 5.82 Å². The van der Waals surface area contributed by atoms with Crippen LogP contribution in [0.2, 0.25) is 0 Å². The molecule has 0 amide bonds. The Balaban J connectivity index is 2.94. The zero-order valence-corrected chi connectivity index (χ0v) is 7.41. The second-order valence-electron chi connectivity index (χ2n) is 2.16. The normalized spacial score (nSPS) is 10.7. The van der Waals surface area contributed by atoms with E-state index in [2.05, 4.69) is 31.1 Å². The van der Waals surface area contributed by atoms with E-state index in [0.29, 0.717) is 0 Å². The first-order valence-electron chi connectivity index (χ1n) is 3.11. The molecule has 0 aliphatic carbocycles. The molecule has 5 heteroatoms. The van der Waals surface area contributed by atoms with E-state index in [1.54, 1.807) is 6.20 Å². The van der Waals surface area contributed by atoms with Crippen LogP contribution >= 0.6 is 15.9 Å². The molecule has 0 radical (unpaired) electrons. The molecule has 0 saturated heterocycles. The molecule has 56 valence electrons. The number of aromatic nitrogens is 4. The average molecular weight is 213 g/mol. The van der Waals surface area contributed by atoms with Crippen molar-refractivity contribution in [3.05, 3.63) is 22.8 Å². The maximum Gasteiger partial charge on any atom is 0.193 e. The van der Waals surface area contributed by atoms with Crippen LogP contribution in [-0.2, 0) is 0 Å². The topological polar surface area (TPSA) is 43.1 Å². The minimum Gasteiger partial charge on any atom is -0.283 e. The minimum absolute atomic E-state index is 0.723. The lowest BCUT2D eigenvalue weighted by molar-refractivity contribution is 1.00. The first-order valence-corrected chi connectivity index (χ1v) is 3.90. The number of nitrogens with zero attached hydrogens (tertiary/aromatic N) is 4. The summed E-state index contributed by atoms with van der Waals surface area (Å²) < 4.78 is 2.59. The van der Waals surface area contributed by atoms with Gasteiger partial charge in [-0.25, -0.2) is 4.98 Å². The summed E-state index contributed by atoms with van der Waals surface area (Å²) in [5.41, 5.74) is 0.755. The first-order chi connectivity index (χ1) is 5.29. The second-order valence-corrected chi connectivity index (χ2v) is 2.91. The Morgan fingerprint density at radius 1 is 1.45 bits per heavy atom. The second kappa shape index (κ2) is 2.27. The summed E-state index contributed by atoms with van der Waals surface area (Å²) >= 11 is 3.28. The van der Waals surface area contributed by atoms with Gasteiger partial charge < -0.3 is 0 Å². The molecule has 0 saturated carbocycles. The Kier molecular flexibility index (Phi) is 1.38. The fourth-order valence-electron chi connectivity index (χ4n) is 0.912. The quantitative estimate of drug-likeness (QED) is 0.660. The maximum atomic E-state index is 4.01. The molecule has 0 unspecified atom stereocenters. The summed E-state index contributed by atoms with van der Waals surface area (Å²) in [5.74, 6) is 0.864. The molecular weight excluding hydrogens is 208 g/mol. The zero-order valence-electron chi connectivity index (χ0n) is 5.82. The summed E-state index contributed by atoms with van der Waals surface area (Å²) in [6, 6.07) is 0. The van der Waals surface area contributed by atoms with Crippen molar-refractivity contribution in [1.29, 1.82) is 0 Å². The highest BCUT2D eigenvalue weighted by Crippen LogP contribution is 2.11. The fourth-order valence-corrected chi connectivity index (χ4v) is 1.30. The van der Waals surface area contributed by atoms with Crippen molar-refractivity contribution in [2.45, 2.75) is 6.92 Å². The molecule has 2 heterocycles. The van der Waals surface area contributed by atoms with Crippen LogP contribution in [0, 0.1) is 6.92 Å². The Hall–Kier alpha value is -0.970. The molecule has 0 aliphatic heterocycles. The number of halogens is 1. The Labute approximate surface area is 71.4 Å². The molecule has 0 N–H and O–H groups in total. The summed E-state index contributed by atoms with van der Waals surface area (Å²) in [6.45, 7) is 1.90. The smallest absolute Gasteiger partial charge is 0.193 e. The van der Waals surface area contributed by atoms with Gasteiger partial charge in [-0.1, -0.05) is 0 Å². The Bertz CT molecular complexity index is 394. The zero-order chi connectivity index (χ0) is 7.84. The van der Waals surface area contributed by atoms with E-state index in [-0.39, 0.29) is 0 Å². The van der Waals surface area contributed by atoms with Crippen LogP contribution in [0.25, 0.3) is 5.65 Å². The van der Waals surface area contributed by atoms with Crippen LogP contribution in [0.5, 0.6) is 0 Å². The minimum atomic E-state index is 0.723. The van der Waals surface area contributed by atoms with E-state index in [1.165, 1.54) is 0 Å². The van der Waals surface area contributed by atoms with Crippen LogP contribution in [0.15, 0.2) is 17.0 Å². The lowest BCUT2D eigenvalue weighted by atomic mass is 10.6. The lowest BCUT2D eigenvalue weighted by Crippen LogP contribution is -1.88. The molecule has 0 aromatic carbocycles. The standard InChI is InChI=1S/C6H5BrN4/c1-4-9-10-6-5(7)8-2-3-11(4)6/h2-3H,1H3. The SMILES string of the molecule is Cc1nnc2c(Br)nccn12. The van der Waals surface area contributed by atoms with Crippen molar-refractivity contribution in [2.75, 3.05) is 0 Å². The molecular formula is C6H5BrN4. The maximum absolute atomic E-state index is 4.01. The number of fused-ring (bicyclic) bond motifs is 1. The number of hydrogen-bond acceptors (Lipinski definition) is 3. The van der Waals surface area contributed by atoms with Crippen molar-refractivity contribution in [3.8, 4) is 0 Å². The average Bonchev–Trinajstić information content (AvgIpc) is 2.35. The summed E-state index contributed by atoms with van der Waals surface area (Å²) in [5, 5.41) is 7.82. The predicted molar refractivity (Wildman–Crippen MR) is 43.2 cm³/mol. The molecule has 2 aromatic rings. The highest BCUT2D eigenvalue weighted by Gasteiger charge is 2.02. The third kappa shape index (κ3) is 0.920. The highest BCUT2D eigenvalue weighted by atomic mass is 79.9. The third-order valence-corrected chi connectivity index (χ3v) is 2.01. The van der Waals surface area contributed by atoms with Gasteiger partial charge in [0.1, 0.15) is 5.82 Å². The number of rotatable bonds is 0. The van der Waals surface area contributed by atoms with Gasteiger partial charge in [0.25, 0.3) is 0 Å². The van der Waals surface area contributed by atoms with Crippen molar-refractivity contribution in [3.63, 3.8) is 0 Å². The van der Waals surface area contributed by atoms with Gasteiger partial charge in [0, 0.05) is 12.4 Å². The Morgan fingerprint density at radius 2 is 2.27 bits per heavy atom. The van der Waals surface area contributed by atoms with Crippen molar-refractivity contribution in [1.82, 2.24) is 19.6 Å². The van der Waals surface area contributed by atoms with Crippen LogP contribution in [-0.4, -0.2) is 19.6 Å². The van der Waals surface area contributed by atoms with Crippen LogP contribution < -0.4 is 0 Å². The van der Waals surface area contributed by atoms with Gasteiger partial charge in [0.05, 0.1) is 0 Å². The van der Waals surface area contributed by atoms with Gasteiger partial charge in [-0.05, 0) is 22.9 Å². The van der Waals surface area contributed by atoms with Gasteiger partial charge in [0.15, 0.2) is 10.3 Å². The molecule has 11 heavy (non-hydrogen) atoms. The number of aryl methyl sites for hydroxylation is 1. The van der Waals surface area contributed by atoms with E-state index in [0.717, 1.165) is 16.1 Å². The van der Waals surface area contributed by atoms with Gasteiger partial charge in [-0.15, -0.1) is 10.2 Å². The van der Waals surface area contributed by atoms with Crippen molar-refractivity contribution < 1.29 is 0 Å². The molecule has 2 aromatic heterocycles. The molecule has 2 rings (SSSR count). The van der Waals surface area contributed by atoms with E-state index in [9.17, 15) is 0 Å². The van der Waals surface area contributed by atoms with Gasteiger partial charge in [0.2, 0.25) is 0 Å². The molecule has 4 nitrogen and oxygen atoms in total. The third-order valence-electron chi connectivity index (χ3n) is 1.45.